The van der Waals surface area contributed by atoms with Gasteiger partial charge in [-0.25, -0.2) is 0 Å². The summed E-state index contributed by atoms with van der Waals surface area (Å²) in [7, 11) is -1.75. The molecule has 0 aromatic heterocycles. The molecule has 1 heterocycles. The van der Waals surface area contributed by atoms with E-state index in [0.717, 1.165) is 25.7 Å². The normalized spacial score (nSPS) is 23.6. The van der Waals surface area contributed by atoms with Crippen LogP contribution in [0.2, 0.25) is 12.6 Å². The lowest BCUT2D eigenvalue weighted by atomic mass is 10.5. The summed E-state index contributed by atoms with van der Waals surface area (Å²) < 4.78 is 15.7. The Labute approximate surface area is 100 Å². The van der Waals surface area contributed by atoms with Crippen molar-refractivity contribution in [3.05, 3.63) is 0 Å². The maximum atomic E-state index is 8.21. The largest absolute Gasteiger partial charge is 0.395 e. The Morgan fingerprint density at radius 3 is 1.75 bits per heavy atom. The van der Waals surface area contributed by atoms with E-state index in [9.17, 15) is 0 Å². The third kappa shape index (κ3) is 7.35. The van der Waals surface area contributed by atoms with Gasteiger partial charge in [0.25, 0.3) is 0 Å². The first-order chi connectivity index (χ1) is 7.49. The quantitative estimate of drug-likeness (QED) is 0.580. The van der Waals surface area contributed by atoms with Gasteiger partial charge in [0.15, 0.2) is 6.29 Å². The van der Waals surface area contributed by atoms with E-state index in [1.54, 1.807) is 0 Å². The number of rotatable bonds is 6. The summed E-state index contributed by atoms with van der Waals surface area (Å²) in [4.78, 5) is 0. The van der Waals surface area contributed by atoms with E-state index in [4.69, 9.17) is 14.0 Å². The van der Waals surface area contributed by atoms with Crippen LogP contribution in [0.4, 0.5) is 0 Å². The lowest BCUT2D eigenvalue weighted by Gasteiger charge is -2.25. The molecule has 0 aromatic carbocycles. The zero-order valence-electron chi connectivity index (χ0n) is 11.2. The van der Waals surface area contributed by atoms with Crippen molar-refractivity contribution in [1.29, 1.82) is 0 Å². The van der Waals surface area contributed by atoms with Crippen LogP contribution in [-0.2, 0) is 13.6 Å². The molecule has 0 bridgehead atoms. The molecule has 2 atom stereocenters. The van der Waals surface area contributed by atoms with Crippen molar-refractivity contribution >= 4 is 8.56 Å². The second kappa shape index (κ2) is 8.19. The fourth-order valence-electron chi connectivity index (χ4n) is 1.43. The smallest absolute Gasteiger partial charge is 0.334 e. The summed E-state index contributed by atoms with van der Waals surface area (Å²) in [5.74, 6) is 0. The summed E-state index contributed by atoms with van der Waals surface area (Å²) in [5.41, 5.74) is 0. The summed E-state index contributed by atoms with van der Waals surface area (Å²) in [6.45, 7) is 11.8. The van der Waals surface area contributed by atoms with Crippen LogP contribution in [0.5, 0.6) is 0 Å². The number of aliphatic hydroxyl groups is 1. The first kappa shape index (κ1) is 16.1. The van der Waals surface area contributed by atoms with Gasteiger partial charge in [0.1, 0.15) is 6.10 Å². The van der Waals surface area contributed by atoms with Gasteiger partial charge in [0, 0.05) is 13.2 Å². The molecule has 0 aromatic rings. The van der Waals surface area contributed by atoms with Crippen molar-refractivity contribution in [1.82, 2.24) is 0 Å². The molecule has 4 nitrogen and oxygen atoms in total. The van der Waals surface area contributed by atoms with Gasteiger partial charge in [0.2, 0.25) is 0 Å². The number of ether oxygens (including phenoxy) is 1. The second-order valence-electron chi connectivity index (χ2n) is 3.98. The lowest BCUT2D eigenvalue weighted by molar-refractivity contribution is 0.156. The highest BCUT2D eigenvalue weighted by atomic mass is 28.4. The van der Waals surface area contributed by atoms with Gasteiger partial charge in [-0.1, -0.05) is 13.3 Å². The maximum Gasteiger partial charge on any atom is 0.334 e. The molecular weight excluding hydrogens is 224 g/mol. The van der Waals surface area contributed by atoms with Crippen molar-refractivity contribution in [2.75, 3.05) is 13.2 Å². The minimum atomic E-state index is -1.75. The first-order valence-electron chi connectivity index (χ1n) is 6.10. The maximum absolute atomic E-state index is 8.21. The van der Waals surface area contributed by atoms with Gasteiger partial charge in [-0.05, 0) is 33.4 Å². The molecule has 0 saturated carbocycles. The molecule has 2 unspecified atom stereocenters. The molecule has 98 valence electrons. The molecule has 5 heteroatoms. The summed E-state index contributed by atoms with van der Waals surface area (Å²) >= 11 is 0. The minimum absolute atomic E-state index is 0.106. The van der Waals surface area contributed by atoms with Crippen molar-refractivity contribution < 1.29 is 18.7 Å². The molecule has 1 aliphatic heterocycles. The topological polar surface area (TPSA) is 51.2 Å². The number of hydrogen-bond acceptors (Lipinski definition) is 4. The van der Waals surface area contributed by atoms with E-state index < -0.39 is 14.9 Å². The van der Waals surface area contributed by atoms with Crippen LogP contribution in [0.1, 0.15) is 34.1 Å². The van der Waals surface area contributed by atoms with Gasteiger partial charge in [-0.3, -0.25) is 0 Å². The SMILES string of the molecule is CC1OC1O.CCC[Si](C)(OCC)OCC. The monoisotopic (exact) mass is 250 g/mol. The molecule has 1 aliphatic rings. The lowest BCUT2D eigenvalue weighted by Crippen LogP contribution is -2.38. The van der Waals surface area contributed by atoms with Gasteiger partial charge in [-0.2, -0.15) is 0 Å². The Balaban J connectivity index is 0.000000368. The van der Waals surface area contributed by atoms with Crippen LogP contribution in [-0.4, -0.2) is 39.3 Å². The Kier molecular flexibility index (Phi) is 8.22. The Morgan fingerprint density at radius 1 is 1.19 bits per heavy atom. The molecule has 16 heavy (non-hydrogen) atoms. The number of epoxide rings is 1. The highest BCUT2D eigenvalue weighted by Crippen LogP contribution is 2.16. The van der Waals surface area contributed by atoms with Gasteiger partial charge in [0.05, 0.1) is 0 Å². The standard InChI is InChI=1S/C8H20O2Si.C3H6O2/c1-5-8-11(4,9-6-2)10-7-3;1-2-3(4)5-2/h5-8H2,1-4H3;2-4H,1H3. The molecule has 1 fully saturated rings. The molecule has 0 aliphatic carbocycles. The van der Waals surface area contributed by atoms with Gasteiger partial charge >= 0.3 is 8.56 Å². The predicted octanol–water partition coefficient (Wildman–Crippen LogP) is 2.26. The number of aliphatic hydroxyl groups excluding tert-OH is 1. The third-order valence-electron chi connectivity index (χ3n) is 2.28. The Hall–Kier alpha value is 0.0569. The Bertz CT molecular complexity index is 154. The number of hydrogen-bond donors (Lipinski definition) is 1. The highest BCUT2D eigenvalue weighted by Gasteiger charge is 2.31. The fraction of sp³-hybridized carbons (Fsp3) is 1.00. The van der Waals surface area contributed by atoms with Crippen LogP contribution in [0.3, 0.4) is 0 Å². The predicted molar refractivity (Wildman–Crippen MR) is 66.5 cm³/mol. The fourth-order valence-corrected chi connectivity index (χ4v) is 3.93. The molecule has 0 spiro atoms. The second-order valence-corrected chi connectivity index (χ2v) is 7.33. The van der Waals surface area contributed by atoms with Gasteiger partial charge < -0.3 is 18.7 Å². The zero-order valence-corrected chi connectivity index (χ0v) is 12.2. The Morgan fingerprint density at radius 2 is 1.56 bits per heavy atom. The zero-order chi connectivity index (χ0) is 12.6. The van der Waals surface area contributed by atoms with E-state index in [1.165, 1.54) is 0 Å². The molecular formula is C11H26O4Si. The van der Waals surface area contributed by atoms with Crippen molar-refractivity contribution in [3.63, 3.8) is 0 Å². The minimum Gasteiger partial charge on any atom is -0.395 e. The average Bonchev–Trinajstić information content (AvgIpc) is 2.81. The molecule has 0 radical (unpaired) electrons. The van der Waals surface area contributed by atoms with Crippen LogP contribution in [0, 0.1) is 0 Å². The van der Waals surface area contributed by atoms with Crippen LogP contribution in [0.15, 0.2) is 0 Å². The van der Waals surface area contributed by atoms with Crippen molar-refractivity contribution in [2.24, 2.45) is 0 Å². The van der Waals surface area contributed by atoms with E-state index in [1.807, 2.05) is 20.8 Å². The summed E-state index contributed by atoms with van der Waals surface area (Å²) in [5, 5.41) is 8.21. The van der Waals surface area contributed by atoms with E-state index in [0.29, 0.717) is 0 Å². The third-order valence-corrected chi connectivity index (χ3v) is 5.49. The van der Waals surface area contributed by atoms with E-state index in [2.05, 4.69) is 18.2 Å². The summed E-state index contributed by atoms with van der Waals surface area (Å²) in [6.07, 6.45) is 0.813. The summed E-state index contributed by atoms with van der Waals surface area (Å²) in [6, 6.07) is 1.11. The average molecular weight is 250 g/mol. The van der Waals surface area contributed by atoms with E-state index >= 15 is 0 Å². The molecule has 1 N–H and O–H groups in total. The molecule has 1 saturated heterocycles. The van der Waals surface area contributed by atoms with Crippen LogP contribution in [0.25, 0.3) is 0 Å². The first-order valence-corrected chi connectivity index (χ1v) is 8.62. The van der Waals surface area contributed by atoms with Gasteiger partial charge in [-0.15, -0.1) is 0 Å². The van der Waals surface area contributed by atoms with E-state index in [-0.39, 0.29) is 6.10 Å². The van der Waals surface area contributed by atoms with Crippen molar-refractivity contribution in [3.8, 4) is 0 Å². The molecule has 1 rings (SSSR count). The van der Waals surface area contributed by atoms with Crippen LogP contribution >= 0.6 is 0 Å². The van der Waals surface area contributed by atoms with Crippen LogP contribution < -0.4 is 0 Å². The van der Waals surface area contributed by atoms with Crippen molar-refractivity contribution in [2.45, 2.75) is 59.1 Å². The highest BCUT2D eigenvalue weighted by molar-refractivity contribution is 6.66. The molecule has 0 amide bonds.